The molecule has 11 aromatic rings. The van der Waals surface area contributed by atoms with Crippen molar-refractivity contribution in [3.63, 3.8) is 0 Å². The molecular weight excluding hydrogens is 779 g/mol. The van der Waals surface area contributed by atoms with Crippen molar-refractivity contribution in [1.82, 2.24) is 24.1 Å². The smallest absolute Gasteiger partial charge is 0.238 e. The molecule has 5 nitrogen and oxygen atoms in total. The van der Waals surface area contributed by atoms with Crippen LogP contribution in [0.15, 0.2) is 188 Å². The number of benzene rings is 8. The summed E-state index contributed by atoms with van der Waals surface area (Å²) < 4.78 is 4.64. The van der Waals surface area contributed by atoms with Crippen LogP contribution in [-0.4, -0.2) is 24.1 Å². The minimum absolute atomic E-state index is 0.150. The molecule has 0 N–H and O–H groups in total. The van der Waals surface area contributed by atoms with Crippen molar-refractivity contribution >= 4 is 43.6 Å². The highest BCUT2D eigenvalue weighted by Crippen LogP contribution is 2.47. The maximum atomic E-state index is 5.29. The van der Waals surface area contributed by atoms with Crippen molar-refractivity contribution in [2.45, 2.75) is 51.4 Å². The van der Waals surface area contributed by atoms with E-state index >= 15 is 0 Å². The van der Waals surface area contributed by atoms with E-state index in [1.54, 1.807) is 0 Å². The molecule has 0 saturated carbocycles. The molecule has 5 heteroatoms. The molecule has 308 valence electrons. The van der Waals surface area contributed by atoms with Crippen molar-refractivity contribution in [2.75, 3.05) is 0 Å². The summed E-state index contributed by atoms with van der Waals surface area (Å²) in [7, 11) is 0. The minimum Gasteiger partial charge on any atom is -0.309 e. The van der Waals surface area contributed by atoms with Crippen molar-refractivity contribution in [2.24, 2.45) is 0 Å². The van der Waals surface area contributed by atoms with Crippen LogP contribution in [0.2, 0.25) is 0 Å². The Morgan fingerprint density at radius 2 is 0.797 bits per heavy atom. The zero-order valence-corrected chi connectivity index (χ0v) is 36.5. The number of hydrogen-bond acceptors (Lipinski definition) is 3. The van der Waals surface area contributed by atoms with Crippen LogP contribution in [-0.2, 0) is 10.8 Å². The van der Waals surface area contributed by atoms with E-state index in [1.807, 2.05) is 24.3 Å². The predicted octanol–water partition coefficient (Wildman–Crippen LogP) is 15.1. The lowest BCUT2D eigenvalue weighted by molar-refractivity contribution is 0.332. The molecular formula is C59H47N5. The van der Waals surface area contributed by atoms with Gasteiger partial charge in [-0.05, 0) is 93.5 Å². The highest BCUT2D eigenvalue weighted by Gasteiger charge is 2.37. The lowest BCUT2D eigenvalue weighted by Gasteiger charge is -2.42. The lowest BCUT2D eigenvalue weighted by atomic mass is 9.63. The largest absolute Gasteiger partial charge is 0.309 e. The first-order chi connectivity index (χ1) is 31.2. The Bertz CT molecular complexity index is 3580. The first-order valence-electron chi connectivity index (χ1n) is 22.4. The van der Waals surface area contributed by atoms with E-state index in [0.717, 1.165) is 49.7 Å². The van der Waals surface area contributed by atoms with Crippen LogP contribution < -0.4 is 0 Å². The molecule has 3 aromatic heterocycles. The van der Waals surface area contributed by atoms with Crippen molar-refractivity contribution < 1.29 is 0 Å². The fourth-order valence-corrected chi connectivity index (χ4v) is 10.2. The van der Waals surface area contributed by atoms with Crippen LogP contribution in [0.4, 0.5) is 0 Å². The molecule has 0 amide bonds. The van der Waals surface area contributed by atoms with Gasteiger partial charge in [0, 0.05) is 38.4 Å². The molecule has 0 saturated heterocycles. The Morgan fingerprint density at radius 3 is 1.44 bits per heavy atom. The third kappa shape index (κ3) is 6.17. The van der Waals surface area contributed by atoms with E-state index in [9.17, 15) is 0 Å². The zero-order valence-electron chi connectivity index (χ0n) is 36.5. The average molecular weight is 826 g/mol. The van der Waals surface area contributed by atoms with Crippen LogP contribution in [0, 0.1) is 0 Å². The number of hydrogen-bond donors (Lipinski definition) is 0. The van der Waals surface area contributed by atoms with Crippen LogP contribution >= 0.6 is 0 Å². The van der Waals surface area contributed by atoms with Gasteiger partial charge in [-0.2, -0.15) is 9.97 Å². The molecule has 0 unspecified atom stereocenters. The van der Waals surface area contributed by atoms with Gasteiger partial charge in [0.15, 0.2) is 11.6 Å². The van der Waals surface area contributed by atoms with Crippen LogP contribution in [0.1, 0.15) is 51.7 Å². The van der Waals surface area contributed by atoms with Gasteiger partial charge in [0.25, 0.3) is 0 Å². The second-order valence-electron chi connectivity index (χ2n) is 18.8. The van der Waals surface area contributed by atoms with Crippen molar-refractivity contribution in [1.29, 1.82) is 0 Å². The summed E-state index contributed by atoms with van der Waals surface area (Å²) in [6.45, 7) is 9.59. The first kappa shape index (κ1) is 38.1. The summed E-state index contributed by atoms with van der Waals surface area (Å²) in [4.78, 5) is 15.7. The fraction of sp³-hybridized carbons (Fsp3) is 0.136. The molecule has 0 atom stereocenters. The standard InChI is InChI=1S/C59H47N5/c1-58(2)33-34-59(3,4)50-35-43(29-32-49(50)58)40-27-30-44(31-28-40)63-51-21-13-11-19-45(51)47-36-48-46-20-12-14-22-52(46)64(54(48)37-53(47)63)57-61-55(41-17-9-6-10-18-41)60-56(62-57)42-25-23-39(24-26-42)38-15-7-5-8-16-38/h5-32,35-37H,33-34H2,1-4H3. The molecule has 0 fully saturated rings. The fourth-order valence-electron chi connectivity index (χ4n) is 10.2. The van der Waals surface area contributed by atoms with E-state index in [2.05, 4.69) is 201 Å². The van der Waals surface area contributed by atoms with Gasteiger partial charge in [-0.3, -0.25) is 4.57 Å². The number of para-hydroxylation sites is 2. The Kier molecular flexibility index (Phi) is 8.61. The van der Waals surface area contributed by atoms with Crippen molar-refractivity contribution in [3.8, 4) is 56.7 Å². The van der Waals surface area contributed by atoms with E-state index < -0.39 is 0 Å². The molecule has 3 heterocycles. The summed E-state index contributed by atoms with van der Waals surface area (Å²) in [6.07, 6.45) is 2.41. The number of nitrogens with zero attached hydrogens (tertiary/aromatic N) is 5. The molecule has 0 radical (unpaired) electrons. The molecule has 8 aromatic carbocycles. The van der Waals surface area contributed by atoms with Crippen LogP contribution in [0.25, 0.3) is 100 Å². The second kappa shape index (κ2) is 14.5. The molecule has 1 aliphatic rings. The maximum Gasteiger partial charge on any atom is 0.238 e. The van der Waals surface area contributed by atoms with E-state index in [4.69, 9.17) is 15.0 Å². The first-order valence-corrected chi connectivity index (χ1v) is 22.4. The third-order valence-electron chi connectivity index (χ3n) is 13.9. The second-order valence-corrected chi connectivity index (χ2v) is 18.8. The lowest BCUT2D eigenvalue weighted by Crippen LogP contribution is -2.33. The number of aromatic nitrogens is 5. The Labute approximate surface area is 373 Å². The monoisotopic (exact) mass is 825 g/mol. The average Bonchev–Trinajstić information content (AvgIpc) is 3.84. The van der Waals surface area contributed by atoms with Gasteiger partial charge in [-0.15, -0.1) is 0 Å². The van der Waals surface area contributed by atoms with E-state index in [-0.39, 0.29) is 10.8 Å². The summed E-state index contributed by atoms with van der Waals surface area (Å²) in [6, 6.07) is 67.6. The number of rotatable bonds is 6. The van der Waals surface area contributed by atoms with Crippen LogP contribution in [0.5, 0.6) is 0 Å². The summed E-state index contributed by atoms with van der Waals surface area (Å²) in [5, 5.41) is 4.71. The molecule has 0 spiro atoms. The Balaban J connectivity index is 1.04. The highest BCUT2D eigenvalue weighted by molar-refractivity contribution is 6.19. The van der Waals surface area contributed by atoms with Gasteiger partial charge < -0.3 is 4.57 Å². The molecule has 64 heavy (non-hydrogen) atoms. The SMILES string of the molecule is CC1(C)CCC(C)(C)c2cc(-c3ccc(-n4c5ccccc5c5cc6c7ccccc7n(-c7nc(-c8ccccc8)nc(-c8ccc(-c9ccccc9)cc8)n7)c6cc54)cc3)ccc21. The summed E-state index contributed by atoms with van der Waals surface area (Å²) in [5.74, 6) is 1.82. The van der Waals surface area contributed by atoms with Gasteiger partial charge in [0.05, 0.1) is 22.1 Å². The van der Waals surface area contributed by atoms with Gasteiger partial charge in [-0.25, -0.2) is 4.98 Å². The molecule has 0 aliphatic heterocycles. The summed E-state index contributed by atoms with van der Waals surface area (Å²) >= 11 is 0. The van der Waals surface area contributed by atoms with Gasteiger partial charge in [-0.1, -0.05) is 179 Å². The predicted molar refractivity (Wildman–Crippen MR) is 266 cm³/mol. The van der Waals surface area contributed by atoms with Crippen molar-refractivity contribution in [3.05, 3.63) is 199 Å². The molecule has 12 rings (SSSR count). The normalized spacial score (nSPS) is 14.4. The molecule has 0 bridgehead atoms. The quantitative estimate of drug-likeness (QED) is 0.168. The minimum atomic E-state index is 0.150. The topological polar surface area (TPSA) is 48.5 Å². The molecule has 1 aliphatic carbocycles. The third-order valence-corrected chi connectivity index (χ3v) is 13.9. The number of fused-ring (bicyclic) bond motifs is 7. The summed E-state index contributed by atoms with van der Waals surface area (Å²) in [5.41, 5.74) is 15.4. The Hall–Kier alpha value is -7.63. The van der Waals surface area contributed by atoms with E-state index in [0.29, 0.717) is 17.6 Å². The van der Waals surface area contributed by atoms with Gasteiger partial charge in [0.1, 0.15) is 0 Å². The highest BCUT2D eigenvalue weighted by atomic mass is 15.2. The van der Waals surface area contributed by atoms with Crippen LogP contribution in [0.3, 0.4) is 0 Å². The maximum absolute atomic E-state index is 5.29. The zero-order chi connectivity index (χ0) is 43.2. The van der Waals surface area contributed by atoms with E-state index in [1.165, 1.54) is 56.9 Å². The Morgan fingerprint density at radius 1 is 0.344 bits per heavy atom. The van der Waals surface area contributed by atoms with Gasteiger partial charge >= 0.3 is 0 Å². The van der Waals surface area contributed by atoms with Gasteiger partial charge in [0.2, 0.25) is 5.95 Å².